The lowest BCUT2D eigenvalue weighted by Gasteiger charge is -2.23. The topological polar surface area (TPSA) is 38.9 Å². The summed E-state index contributed by atoms with van der Waals surface area (Å²) < 4.78 is 0. The summed E-state index contributed by atoms with van der Waals surface area (Å²) in [7, 11) is 0. The molecule has 0 radical (unpaired) electrons. The van der Waals surface area contributed by atoms with Crippen molar-refractivity contribution in [2.75, 3.05) is 0 Å². The molecule has 14 heavy (non-hydrogen) atoms. The summed E-state index contributed by atoms with van der Waals surface area (Å²) in [5.74, 6) is 2.58. The molecule has 0 fully saturated rings. The third kappa shape index (κ3) is 1.82. The van der Waals surface area contributed by atoms with Crippen LogP contribution in [0.1, 0.15) is 42.3 Å². The third-order valence-corrected chi connectivity index (χ3v) is 3.81. The van der Waals surface area contributed by atoms with Gasteiger partial charge in [0.25, 0.3) is 0 Å². The number of hydrogen-bond donors (Lipinski definition) is 1. The van der Waals surface area contributed by atoms with Crippen molar-refractivity contribution in [1.82, 2.24) is 4.98 Å². The molecule has 3 heteroatoms. The first-order valence-corrected chi connectivity index (χ1v) is 5.62. The first-order valence-electron chi connectivity index (χ1n) is 4.80. The highest BCUT2D eigenvalue weighted by atomic mass is 32.1. The average molecular weight is 208 g/mol. The molecule has 0 unspecified atom stereocenters. The minimum absolute atomic E-state index is 0.301. The summed E-state index contributed by atoms with van der Waals surface area (Å²) in [6, 6.07) is 0. The standard InChI is InChI=1S/C11H16N2S/c1-5-9-8(4)14-10(13-9)11(12,6-2)7-3/h1H,6-7,12H2,2-4H3. The van der Waals surface area contributed by atoms with E-state index in [0.29, 0.717) is 0 Å². The number of nitrogens with two attached hydrogens (primary N) is 1. The molecule has 0 atom stereocenters. The highest BCUT2D eigenvalue weighted by Crippen LogP contribution is 2.30. The van der Waals surface area contributed by atoms with E-state index in [1.165, 1.54) is 0 Å². The fourth-order valence-corrected chi connectivity index (χ4v) is 2.42. The third-order valence-electron chi connectivity index (χ3n) is 2.62. The van der Waals surface area contributed by atoms with E-state index in [9.17, 15) is 0 Å². The van der Waals surface area contributed by atoms with Gasteiger partial charge in [0.1, 0.15) is 10.7 Å². The van der Waals surface area contributed by atoms with Crippen molar-refractivity contribution in [3.63, 3.8) is 0 Å². The van der Waals surface area contributed by atoms with Gasteiger partial charge in [-0.1, -0.05) is 13.8 Å². The highest BCUT2D eigenvalue weighted by molar-refractivity contribution is 7.11. The van der Waals surface area contributed by atoms with Crippen LogP contribution in [0.5, 0.6) is 0 Å². The van der Waals surface area contributed by atoms with Gasteiger partial charge in [-0.15, -0.1) is 17.8 Å². The van der Waals surface area contributed by atoms with E-state index in [4.69, 9.17) is 12.2 Å². The summed E-state index contributed by atoms with van der Waals surface area (Å²) >= 11 is 1.62. The van der Waals surface area contributed by atoms with Crippen LogP contribution in [0.3, 0.4) is 0 Å². The molecule has 0 aliphatic carbocycles. The first-order chi connectivity index (χ1) is 6.57. The number of nitrogens with zero attached hydrogens (tertiary/aromatic N) is 1. The zero-order chi connectivity index (χ0) is 10.8. The Labute approximate surface area is 89.6 Å². The van der Waals surface area contributed by atoms with Gasteiger partial charge >= 0.3 is 0 Å². The predicted molar refractivity (Wildman–Crippen MR) is 61.2 cm³/mol. The Hall–Kier alpha value is -0.850. The number of rotatable bonds is 3. The van der Waals surface area contributed by atoms with Gasteiger partial charge in [0.15, 0.2) is 0 Å². The van der Waals surface area contributed by atoms with E-state index >= 15 is 0 Å². The second-order valence-electron chi connectivity index (χ2n) is 3.43. The predicted octanol–water partition coefficient (Wildman–Crippen LogP) is 2.41. The van der Waals surface area contributed by atoms with Crippen molar-refractivity contribution in [2.24, 2.45) is 5.73 Å². The monoisotopic (exact) mass is 208 g/mol. The van der Waals surface area contributed by atoms with E-state index in [1.807, 2.05) is 6.92 Å². The largest absolute Gasteiger partial charge is 0.319 e. The Morgan fingerprint density at radius 2 is 2.07 bits per heavy atom. The van der Waals surface area contributed by atoms with E-state index < -0.39 is 0 Å². The normalized spacial score (nSPS) is 11.4. The maximum absolute atomic E-state index is 6.23. The van der Waals surface area contributed by atoms with Gasteiger partial charge < -0.3 is 5.73 Å². The van der Waals surface area contributed by atoms with Crippen LogP contribution in [0.15, 0.2) is 0 Å². The Morgan fingerprint density at radius 1 is 1.50 bits per heavy atom. The van der Waals surface area contributed by atoms with E-state index in [2.05, 4.69) is 24.8 Å². The minimum atomic E-state index is -0.301. The molecule has 0 saturated carbocycles. The van der Waals surface area contributed by atoms with E-state index in [-0.39, 0.29) is 5.54 Å². The number of thiazole rings is 1. The number of terminal acetylenes is 1. The molecule has 0 spiro atoms. The number of hydrogen-bond acceptors (Lipinski definition) is 3. The van der Waals surface area contributed by atoms with Crippen molar-refractivity contribution in [3.8, 4) is 12.3 Å². The van der Waals surface area contributed by atoms with Gasteiger partial charge in [0.05, 0.1) is 5.54 Å². The quantitative estimate of drug-likeness (QED) is 0.775. The lowest BCUT2D eigenvalue weighted by atomic mass is 9.95. The molecule has 0 amide bonds. The summed E-state index contributed by atoms with van der Waals surface area (Å²) in [4.78, 5) is 5.48. The number of aromatic nitrogens is 1. The molecule has 2 nitrogen and oxygen atoms in total. The summed E-state index contributed by atoms with van der Waals surface area (Å²) in [6.45, 7) is 6.15. The molecule has 0 aliphatic heterocycles. The maximum atomic E-state index is 6.23. The Morgan fingerprint density at radius 3 is 2.43 bits per heavy atom. The van der Waals surface area contributed by atoms with Crippen molar-refractivity contribution in [1.29, 1.82) is 0 Å². The van der Waals surface area contributed by atoms with Gasteiger partial charge in [-0.2, -0.15) is 0 Å². The summed E-state index contributed by atoms with van der Waals surface area (Å²) in [6.07, 6.45) is 7.12. The zero-order valence-electron chi connectivity index (χ0n) is 8.92. The molecule has 0 saturated heterocycles. The van der Waals surface area contributed by atoms with Crippen LogP contribution in [-0.4, -0.2) is 4.98 Å². The molecule has 2 N–H and O–H groups in total. The van der Waals surface area contributed by atoms with Crippen molar-refractivity contribution >= 4 is 11.3 Å². The van der Waals surface area contributed by atoms with Crippen LogP contribution in [0.4, 0.5) is 0 Å². The summed E-state index contributed by atoms with van der Waals surface area (Å²) in [5.41, 5.74) is 6.67. The Kier molecular flexibility index (Phi) is 3.30. The Balaban J connectivity index is 3.14. The SMILES string of the molecule is C#Cc1nc(C(N)(CC)CC)sc1C. The van der Waals surface area contributed by atoms with Crippen molar-refractivity contribution in [3.05, 3.63) is 15.6 Å². The lowest BCUT2D eigenvalue weighted by molar-refractivity contribution is 0.410. The molecular weight excluding hydrogens is 192 g/mol. The molecular formula is C11H16N2S. The minimum Gasteiger partial charge on any atom is -0.319 e. The molecule has 0 aliphatic rings. The van der Waals surface area contributed by atoms with Crippen LogP contribution < -0.4 is 5.73 Å². The zero-order valence-corrected chi connectivity index (χ0v) is 9.74. The van der Waals surface area contributed by atoms with Gasteiger partial charge in [-0.3, -0.25) is 0 Å². The number of aryl methyl sites for hydroxylation is 1. The smallest absolute Gasteiger partial charge is 0.127 e. The molecule has 1 aromatic rings. The molecule has 76 valence electrons. The van der Waals surface area contributed by atoms with E-state index in [1.54, 1.807) is 11.3 Å². The Bertz CT molecular complexity index is 356. The van der Waals surface area contributed by atoms with Crippen LogP contribution in [-0.2, 0) is 5.54 Å². The maximum Gasteiger partial charge on any atom is 0.127 e. The van der Waals surface area contributed by atoms with Gasteiger partial charge in [0, 0.05) is 4.88 Å². The fourth-order valence-electron chi connectivity index (χ4n) is 1.30. The molecule has 1 aromatic heterocycles. The van der Waals surface area contributed by atoms with Crippen LogP contribution >= 0.6 is 11.3 Å². The van der Waals surface area contributed by atoms with Gasteiger partial charge in [-0.05, 0) is 25.7 Å². The fraction of sp³-hybridized carbons (Fsp3) is 0.545. The molecule has 0 bridgehead atoms. The molecule has 1 heterocycles. The van der Waals surface area contributed by atoms with E-state index in [0.717, 1.165) is 28.4 Å². The van der Waals surface area contributed by atoms with Crippen LogP contribution in [0, 0.1) is 19.3 Å². The second-order valence-corrected chi connectivity index (χ2v) is 4.63. The van der Waals surface area contributed by atoms with Crippen molar-refractivity contribution < 1.29 is 0 Å². The average Bonchev–Trinajstić information content (AvgIpc) is 2.59. The molecule has 0 aromatic carbocycles. The van der Waals surface area contributed by atoms with Crippen LogP contribution in [0.2, 0.25) is 0 Å². The highest BCUT2D eigenvalue weighted by Gasteiger charge is 2.27. The van der Waals surface area contributed by atoms with Gasteiger partial charge in [-0.25, -0.2) is 4.98 Å². The van der Waals surface area contributed by atoms with Crippen molar-refractivity contribution in [2.45, 2.75) is 39.2 Å². The second kappa shape index (κ2) is 4.12. The lowest BCUT2D eigenvalue weighted by Crippen LogP contribution is -2.34. The molecule has 1 rings (SSSR count). The van der Waals surface area contributed by atoms with Crippen LogP contribution in [0.25, 0.3) is 0 Å². The summed E-state index contributed by atoms with van der Waals surface area (Å²) in [5, 5.41) is 0.966. The first kappa shape index (κ1) is 11.2. The van der Waals surface area contributed by atoms with Gasteiger partial charge in [0.2, 0.25) is 0 Å².